The second kappa shape index (κ2) is 8.32. The zero-order chi connectivity index (χ0) is 20.4. The minimum atomic E-state index is -0.438. The Kier molecular flexibility index (Phi) is 6.04. The highest BCUT2D eigenvalue weighted by Crippen LogP contribution is 2.36. The Balaban J connectivity index is 1.82. The van der Waals surface area contributed by atoms with Crippen LogP contribution in [0.3, 0.4) is 0 Å². The highest BCUT2D eigenvalue weighted by atomic mass is 32.2. The van der Waals surface area contributed by atoms with E-state index in [0.29, 0.717) is 27.0 Å². The lowest BCUT2D eigenvalue weighted by atomic mass is 10.1. The Hall–Kier alpha value is -2.39. The van der Waals surface area contributed by atoms with Gasteiger partial charge in [-0.25, -0.2) is 9.78 Å². The van der Waals surface area contributed by atoms with E-state index in [1.807, 2.05) is 26.8 Å². The van der Waals surface area contributed by atoms with Crippen LogP contribution in [0.4, 0.5) is 10.8 Å². The van der Waals surface area contributed by atoms with Crippen LogP contribution in [-0.4, -0.2) is 34.6 Å². The first-order valence-electron chi connectivity index (χ1n) is 8.91. The number of ether oxygens (including phenoxy) is 1. The summed E-state index contributed by atoms with van der Waals surface area (Å²) >= 11 is 2.55. The largest absolute Gasteiger partial charge is 0.462 e. The molecule has 1 aromatic heterocycles. The van der Waals surface area contributed by atoms with Gasteiger partial charge in [-0.2, -0.15) is 0 Å². The molecule has 0 saturated carbocycles. The van der Waals surface area contributed by atoms with Crippen LogP contribution in [0.5, 0.6) is 0 Å². The van der Waals surface area contributed by atoms with E-state index in [4.69, 9.17) is 4.74 Å². The van der Waals surface area contributed by atoms with Gasteiger partial charge in [-0.1, -0.05) is 25.2 Å². The monoisotopic (exact) mass is 419 g/mol. The number of hydrogen-bond acceptors (Lipinski definition) is 7. The average Bonchev–Trinajstić information content (AvgIpc) is 3.07. The van der Waals surface area contributed by atoms with Crippen LogP contribution in [0.2, 0.25) is 0 Å². The van der Waals surface area contributed by atoms with Gasteiger partial charge in [0.25, 0.3) is 5.91 Å². The van der Waals surface area contributed by atoms with E-state index in [0.717, 1.165) is 16.2 Å². The Labute approximate surface area is 171 Å². The summed E-state index contributed by atoms with van der Waals surface area (Å²) in [6.07, 6.45) is 0. The van der Waals surface area contributed by atoms with Gasteiger partial charge in [0, 0.05) is 10.5 Å². The summed E-state index contributed by atoms with van der Waals surface area (Å²) in [6, 6.07) is 5.16. The second-order valence-corrected chi connectivity index (χ2v) is 8.90. The Bertz CT molecular complexity index is 939. The van der Waals surface area contributed by atoms with Crippen molar-refractivity contribution in [3.8, 4) is 0 Å². The standard InChI is InChI=1S/C19H21N3O4S2/c1-5-26-18(25)15-14(9(2)3)21-19(28-15)22-17(24)11-6-7-13-12(8-11)20-16(23)10(4)27-13/h6-10H,5H2,1-4H3,(H,20,23)(H,21,22,24). The third-order valence-corrected chi connectivity index (χ3v) is 6.20. The van der Waals surface area contributed by atoms with Gasteiger partial charge in [0.2, 0.25) is 5.91 Å². The highest BCUT2D eigenvalue weighted by Gasteiger charge is 2.25. The number of esters is 1. The quantitative estimate of drug-likeness (QED) is 0.708. The predicted molar refractivity (Wildman–Crippen MR) is 111 cm³/mol. The van der Waals surface area contributed by atoms with Crippen molar-refractivity contribution in [1.82, 2.24) is 4.98 Å². The molecule has 148 valence electrons. The summed E-state index contributed by atoms with van der Waals surface area (Å²) < 4.78 is 5.08. The molecule has 9 heteroatoms. The van der Waals surface area contributed by atoms with Gasteiger partial charge < -0.3 is 10.1 Å². The molecule has 0 aliphatic carbocycles. The van der Waals surface area contributed by atoms with Crippen LogP contribution in [0, 0.1) is 0 Å². The van der Waals surface area contributed by atoms with Crippen molar-refractivity contribution in [2.24, 2.45) is 0 Å². The number of aromatic nitrogens is 1. The molecule has 1 atom stereocenters. The van der Waals surface area contributed by atoms with E-state index >= 15 is 0 Å². The molecule has 1 unspecified atom stereocenters. The summed E-state index contributed by atoms with van der Waals surface area (Å²) in [4.78, 5) is 42.4. The summed E-state index contributed by atoms with van der Waals surface area (Å²) in [7, 11) is 0. The van der Waals surface area contributed by atoms with E-state index in [-0.39, 0.29) is 29.6 Å². The Morgan fingerprint density at radius 1 is 1.36 bits per heavy atom. The number of anilines is 2. The van der Waals surface area contributed by atoms with Crippen LogP contribution in [-0.2, 0) is 9.53 Å². The summed E-state index contributed by atoms with van der Waals surface area (Å²) in [5.74, 6) is -0.873. The van der Waals surface area contributed by atoms with Crippen LogP contribution < -0.4 is 10.6 Å². The third kappa shape index (κ3) is 4.20. The van der Waals surface area contributed by atoms with Gasteiger partial charge in [-0.3, -0.25) is 14.9 Å². The molecule has 0 fully saturated rings. The Morgan fingerprint density at radius 2 is 2.11 bits per heavy atom. The number of thioether (sulfide) groups is 1. The van der Waals surface area contributed by atoms with Crippen molar-refractivity contribution in [3.05, 3.63) is 34.3 Å². The number of nitrogens with one attached hydrogen (secondary N) is 2. The molecule has 28 heavy (non-hydrogen) atoms. The maximum Gasteiger partial charge on any atom is 0.350 e. The smallest absolute Gasteiger partial charge is 0.350 e. The molecule has 1 aromatic carbocycles. The maximum absolute atomic E-state index is 12.7. The zero-order valence-corrected chi connectivity index (χ0v) is 17.6. The summed E-state index contributed by atoms with van der Waals surface area (Å²) in [6.45, 7) is 7.69. The number of thiazole rings is 1. The molecular formula is C19H21N3O4S2. The lowest BCUT2D eigenvalue weighted by molar-refractivity contribution is -0.115. The first-order chi connectivity index (χ1) is 13.3. The SMILES string of the molecule is CCOC(=O)c1sc(NC(=O)c2ccc3c(c2)NC(=O)C(C)S3)nc1C(C)C. The molecule has 1 aliphatic rings. The van der Waals surface area contributed by atoms with Crippen molar-refractivity contribution in [1.29, 1.82) is 0 Å². The van der Waals surface area contributed by atoms with Crippen molar-refractivity contribution in [2.75, 3.05) is 17.2 Å². The number of amides is 2. The van der Waals surface area contributed by atoms with Crippen LogP contribution in [0.15, 0.2) is 23.1 Å². The number of carbonyl (C=O) groups is 3. The number of carbonyl (C=O) groups excluding carboxylic acids is 3. The molecule has 2 heterocycles. The molecule has 3 rings (SSSR count). The molecule has 2 aromatic rings. The molecule has 0 saturated heterocycles. The average molecular weight is 420 g/mol. The number of hydrogen-bond donors (Lipinski definition) is 2. The lowest BCUT2D eigenvalue weighted by Crippen LogP contribution is -2.26. The lowest BCUT2D eigenvalue weighted by Gasteiger charge is -2.21. The Morgan fingerprint density at radius 3 is 2.79 bits per heavy atom. The highest BCUT2D eigenvalue weighted by molar-refractivity contribution is 8.00. The first-order valence-corrected chi connectivity index (χ1v) is 10.6. The molecule has 1 aliphatic heterocycles. The minimum Gasteiger partial charge on any atom is -0.462 e. The molecule has 0 bridgehead atoms. The second-order valence-electron chi connectivity index (χ2n) is 6.52. The van der Waals surface area contributed by atoms with Crippen molar-refractivity contribution in [3.63, 3.8) is 0 Å². The fourth-order valence-electron chi connectivity index (χ4n) is 2.64. The van der Waals surface area contributed by atoms with Crippen molar-refractivity contribution >= 4 is 51.7 Å². The van der Waals surface area contributed by atoms with Gasteiger partial charge in [0.15, 0.2) is 5.13 Å². The van der Waals surface area contributed by atoms with E-state index < -0.39 is 5.97 Å². The summed E-state index contributed by atoms with van der Waals surface area (Å²) in [5, 5.41) is 5.72. The number of nitrogens with zero attached hydrogens (tertiary/aromatic N) is 1. The topological polar surface area (TPSA) is 97.4 Å². The fourth-order valence-corrected chi connectivity index (χ4v) is 4.58. The zero-order valence-electron chi connectivity index (χ0n) is 16.0. The van der Waals surface area contributed by atoms with E-state index in [1.165, 1.54) is 11.8 Å². The van der Waals surface area contributed by atoms with Gasteiger partial charge in [-0.15, -0.1) is 11.8 Å². The predicted octanol–water partition coefficient (Wildman–Crippen LogP) is 4.13. The third-order valence-electron chi connectivity index (χ3n) is 4.05. The van der Waals surface area contributed by atoms with Crippen LogP contribution in [0.25, 0.3) is 0 Å². The molecule has 2 N–H and O–H groups in total. The number of rotatable bonds is 5. The summed E-state index contributed by atoms with van der Waals surface area (Å²) in [5.41, 5.74) is 1.62. The molecule has 2 amide bonds. The van der Waals surface area contributed by atoms with E-state index in [9.17, 15) is 14.4 Å². The van der Waals surface area contributed by atoms with Crippen LogP contribution in [0.1, 0.15) is 59.3 Å². The van der Waals surface area contributed by atoms with E-state index in [1.54, 1.807) is 19.1 Å². The minimum absolute atomic E-state index is 0.0132. The van der Waals surface area contributed by atoms with Crippen LogP contribution >= 0.6 is 23.1 Å². The fraction of sp³-hybridized carbons (Fsp3) is 0.368. The molecule has 0 spiro atoms. The molecule has 0 radical (unpaired) electrons. The molecular weight excluding hydrogens is 398 g/mol. The van der Waals surface area contributed by atoms with Crippen molar-refractivity contribution in [2.45, 2.75) is 43.8 Å². The van der Waals surface area contributed by atoms with Gasteiger partial charge in [0.05, 0.1) is 23.2 Å². The molecule has 7 nitrogen and oxygen atoms in total. The van der Waals surface area contributed by atoms with Crippen molar-refractivity contribution < 1.29 is 19.1 Å². The van der Waals surface area contributed by atoms with Gasteiger partial charge >= 0.3 is 5.97 Å². The number of fused-ring (bicyclic) bond motifs is 1. The normalized spacial score (nSPS) is 15.8. The maximum atomic E-state index is 12.7. The first kappa shape index (κ1) is 20.3. The van der Waals surface area contributed by atoms with Gasteiger partial charge in [0.1, 0.15) is 4.88 Å². The number of benzene rings is 1. The van der Waals surface area contributed by atoms with E-state index in [2.05, 4.69) is 15.6 Å². The van der Waals surface area contributed by atoms with Gasteiger partial charge in [-0.05, 0) is 38.0 Å².